The highest BCUT2D eigenvalue weighted by atomic mass is 32.2. The minimum atomic E-state index is 0.662. The fraction of sp³-hybridized carbons (Fsp3) is 0.143. The highest BCUT2D eigenvalue weighted by Gasteiger charge is 2.20. The Morgan fingerprint density at radius 2 is 1.42 bits per heavy atom. The first kappa shape index (κ1) is 19.1. The first-order chi connectivity index (χ1) is 12.7. The molecule has 0 aliphatic carbocycles. The van der Waals surface area contributed by atoms with Crippen molar-refractivity contribution in [2.24, 2.45) is 0 Å². The summed E-state index contributed by atoms with van der Waals surface area (Å²) in [5.41, 5.74) is 0. The van der Waals surface area contributed by atoms with Gasteiger partial charge in [-0.05, 0) is 42.3 Å². The Bertz CT molecular complexity index is 852. The summed E-state index contributed by atoms with van der Waals surface area (Å²) in [5, 5.41) is 0. The predicted octanol–water partition coefficient (Wildman–Crippen LogP) is 7.39. The molecule has 0 atom stereocenters. The van der Waals surface area contributed by atoms with Gasteiger partial charge in [0.15, 0.2) is 11.5 Å². The van der Waals surface area contributed by atoms with Crippen molar-refractivity contribution < 1.29 is 9.47 Å². The Balaban J connectivity index is 2.10. The third kappa shape index (κ3) is 4.53. The number of thioether (sulfide) groups is 2. The van der Waals surface area contributed by atoms with Gasteiger partial charge in [-0.25, -0.2) is 0 Å². The molecule has 2 nitrogen and oxygen atoms in total. The SMILES string of the molecule is CCSc1c(S)cc(Oc2ccccc2)c(Oc2ccccc2)c1SC. The number of benzene rings is 3. The molecule has 0 aromatic heterocycles. The Morgan fingerprint density at radius 1 is 0.846 bits per heavy atom. The van der Waals surface area contributed by atoms with Crippen LogP contribution in [0.3, 0.4) is 0 Å². The molecule has 0 aliphatic rings. The molecule has 0 saturated heterocycles. The summed E-state index contributed by atoms with van der Waals surface area (Å²) in [6.45, 7) is 2.13. The van der Waals surface area contributed by atoms with Crippen LogP contribution in [-0.2, 0) is 0 Å². The Labute approximate surface area is 168 Å². The lowest BCUT2D eigenvalue weighted by Crippen LogP contribution is -1.96. The summed E-state index contributed by atoms with van der Waals surface area (Å²) in [4.78, 5) is 3.06. The van der Waals surface area contributed by atoms with Crippen molar-refractivity contribution in [1.82, 2.24) is 0 Å². The van der Waals surface area contributed by atoms with E-state index in [1.807, 2.05) is 73.0 Å². The highest BCUT2D eigenvalue weighted by Crippen LogP contribution is 2.49. The van der Waals surface area contributed by atoms with Crippen molar-refractivity contribution in [2.75, 3.05) is 12.0 Å². The number of para-hydroxylation sites is 2. The number of hydrogen-bond donors (Lipinski definition) is 1. The maximum atomic E-state index is 6.25. The maximum Gasteiger partial charge on any atom is 0.184 e. The molecule has 0 aliphatic heterocycles. The molecular weight excluding hydrogens is 380 g/mol. The van der Waals surface area contributed by atoms with Gasteiger partial charge in [0.1, 0.15) is 11.5 Å². The molecule has 0 bridgehead atoms. The highest BCUT2D eigenvalue weighted by molar-refractivity contribution is 8.02. The predicted molar refractivity (Wildman–Crippen MR) is 115 cm³/mol. The number of hydrogen-bond acceptors (Lipinski definition) is 5. The maximum absolute atomic E-state index is 6.25. The van der Waals surface area contributed by atoms with Crippen LogP contribution in [0.4, 0.5) is 0 Å². The van der Waals surface area contributed by atoms with Gasteiger partial charge in [-0.15, -0.1) is 36.2 Å². The second kappa shape index (κ2) is 9.31. The van der Waals surface area contributed by atoms with Crippen LogP contribution in [0.5, 0.6) is 23.0 Å². The van der Waals surface area contributed by atoms with Crippen LogP contribution in [0.15, 0.2) is 81.4 Å². The van der Waals surface area contributed by atoms with E-state index in [4.69, 9.17) is 22.1 Å². The molecule has 0 heterocycles. The standard InChI is InChI=1S/C21H20O2S3/c1-3-26-20-18(24)14-17(22-15-10-6-4-7-11-15)19(21(20)25-2)23-16-12-8-5-9-13-16/h4-14,24H,3H2,1-2H3. The van der Waals surface area contributed by atoms with Gasteiger partial charge in [-0.1, -0.05) is 43.3 Å². The van der Waals surface area contributed by atoms with Gasteiger partial charge in [-0.3, -0.25) is 0 Å². The first-order valence-electron chi connectivity index (χ1n) is 8.25. The van der Waals surface area contributed by atoms with Crippen LogP contribution in [0, 0.1) is 0 Å². The van der Waals surface area contributed by atoms with Gasteiger partial charge in [0.2, 0.25) is 0 Å². The molecule has 26 heavy (non-hydrogen) atoms. The van der Waals surface area contributed by atoms with Crippen LogP contribution in [-0.4, -0.2) is 12.0 Å². The first-order valence-corrected chi connectivity index (χ1v) is 10.9. The zero-order chi connectivity index (χ0) is 18.4. The Morgan fingerprint density at radius 3 is 1.96 bits per heavy atom. The van der Waals surface area contributed by atoms with Crippen molar-refractivity contribution in [3.05, 3.63) is 66.7 Å². The summed E-state index contributed by atoms with van der Waals surface area (Å²) >= 11 is 8.10. The normalized spacial score (nSPS) is 10.6. The fourth-order valence-electron chi connectivity index (χ4n) is 2.45. The van der Waals surface area contributed by atoms with Gasteiger partial charge in [0.05, 0.1) is 4.90 Å². The second-order valence-corrected chi connectivity index (χ2v) is 7.92. The van der Waals surface area contributed by atoms with E-state index < -0.39 is 0 Å². The zero-order valence-electron chi connectivity index (χ0n) is 14.6. The molecule has 0 fully saturated rings. The van der Waals surface area contributed by atoms with Crippen molar-refractivity contribution >= 4 is 36.2 Å². The van der Waals surface area contributed by atoms with Crippen molar-refractivity contribution in [3.63, 3.8) is 0 Å². The monoisotopic (exact) mass is 400 g/mol. The van der Waals surface area contributed by atoms with Crippen LogP contribution in [0.2, 0.25) is 0 Å². The quantitative estimate of drug-likeness (QED) is 0.329. The van der Waals surface area contributed by atoms with E-state index in [2.05, 4.69) is 6.92 Å². The average molecular weight is 401 g/mol. The molecular formula is C21H20O2S3. The molecule has 0 amide bonds. The second-order valence-electron chi connectivity index (χ2n) is 5.35. The van der Waals surface area contributed by atoms with E-state index in [9.17, 15) is 0 Å². The molecule has 3 rings (SSSR count). The number of thiol groups is 1. The van der Waals surface area contributed by atoms with Crippen LogP contribution in [0.25, 0.3) is 0 Å². The zero-order valence-corrected chi connectivity index (χ0v) is 17.2. The summed E-state index contributed by atoms with van der Waals surface area (Å²) in [6, 6.07) is 21.4. The lowest BCUT2D eigenvalue weighted by molar-refractivity contribution is 0.406. The van der Waals surface area contributed by atoms with E-state index >= 15 is 0 Å². The molecule has 0 N–H and O–H groups in total. The summed E-state index contributed by atoms with van der Waals surface area (Å²) < 4.78 is 12.4. The third-order valence-corrected chi connectivity index (χ3v) is 6.00. The summed E-state index contributed by atoms with van der Waals surface area (Å²) in [6.07, 6.45) is 2.05. The number of ether oxygens (including phenoxy) is 2. The Hall–Kier alpha value is -1.69. The largest absolute Gasteiger partial charge is 0.453 e. The minimum Gasteiger partial charge on any atom is -0.453 e. The average Bonchev–Trinajstić information content (AvgIpc) is 2.67. The van der Waals surface area contributed by atoms with Crippen LogP contribution >= 0.6 is 36.2 Å². The smallest absolute Gasteiger partial charge is 0.184 e. The van der Waals surface area contributed by atoms with Gasteiger partial charge in [0, 0.05) is 9.79 Å². The van der Waals surface area contributed by atoms with E-state index in [1.54, 1.807) is 23.5 Å². The van der Waals surface area contributed by atoms with Crippen LogP contribution in [0.1, 0.15) is 6.92 Å². The summed E-state index contributed by atoms with van der Waals surface area (Å²) in [5.74, 6) is 3.89. The van der Waals surface area contributed by atoms with E-state index in [-0.39, 0.29) is 0 Å². The molecule has 0 spiro atoms. The van der Waals surface area contributed by atoms with Gasteiger partial charge < -0.3 is 9.47 Å². The van der Waals surface area contributed by atoms with Crippen molar-refractivity contribution in [2.45, 2.75) is 21.6 Å². The minimum absolute atomic E-state index is 0.662. The van der Waals surface area contributed by atoms with Crippen LogP contribution < -0.4 is 9.47 Å². The molecule has 0 radical (unpaired) electrons. The lowest BCUT2D eigenvalue weighted by atomic mass is 10.3. The molecule has 3 aromatic rings. The van der Waals surface area contributed by atoms with E-state index in [0.717, 1.165) is 37.7 Å². The molecule has 3 aromatic carbocycles. The lowest BCUT2D eigenvalue weighted by Gasteiger charge is -2.19. The van der Waals surface area contributed by atoms with Gasteiger partial charge in [-0.2, -0.15) is 0 Å². The Kier molecular flexibility index (Phi) is 6.83. The molecule has 134 valence electrons. The van der Waals surface area contributed by atoms with Crippen molar-refractivity contribution in [3.8, 4) is 23.0 Å². The third-order valence-electron chi connectivity index (χ3n) is 3.56. The number of rotatable bonds is 7. The fourth-order valence-corrected chi connectivity index (χ4v) is 4.72. The van der Waals surface area contributed by atoms with Gasteiger partial charge in [0.25, 0.3) is 0 Å². The van der Waals surface area contributed by atoms with Gasteiger partial charge >= 0.3 is 0 Å². The van der Waals surface area contributed by atoms with E-state index in [0.29, 0.717) is 5.75 Å². The molecule has 0 unspecified atom stereocenters. The topological polar surface area (TPSA) is 18.5 Å². The summed E-state index contributed by atoms with van der Waals surface area (Å²) in [7, 11) is 0. The van der Waals surface area contributed by atoms with E-state index in [1.165, 1.54) is 0 Å². The van der Waals surface area contributed by atoms with Crippen molar-refractivity contribution in [1.29, 1.82) is 0 Å². The molecule has 0 saturated carbocycles. The molecule has 5 heteroatoms.